The van der Waals surface area contributed by atoms with Crippen LogP contribution in [0, 0.1) is 0 Å². The van der Waals surface area contributed by atoms with Crippen molar-refractivity contribution in [1.29, 1.82) is 0 Å². The highest BCUT2D eigenvalue weighted by Gasteiger charge is 2.17. The van der Waals surface area contributed by atoms with Crippen molar-refractivity contribution in [2.75, 3.05) is 0 Å². The normalized spacial score (nSPS) is 12.8. The Balaban J connectivity index is 1.96. The van der Waals surface area contributed by atoms with E-state index in [1.165, 1.54) is 47.5 Å². The number of aryl methyl sites for hydroxylation is 1. The highest BCUT2D eigenvalue weighted by Crippen LogP contribution is 2.42. The maximum atomic E-state index is 2.38. The van der Waals surface area contributed by atoms with Crippen LogP contribution in [-0.2, 0) is 12.5 Å². The lowest BCUT2D eigenvalue weighted by molar-refractivity contribution is 0.591. The molecule has 0 bridgehead atoms. The van der Waals surface area contributed by atoms with Crippen LogP contribution in [0.3, 0.4) is 0 Å². The smallest absolute Gasteiger partial charge is 0.0670 e. The molecule has 2 heterocycles. The molecule has 0 saturated heterocycles. The van der Waals surface area contributed by atoms with Crippen LogP contribution in [0.15, 0.2) is 54.6 Å². The maximum Gasteiger partial charge on any atom is 0.0670 e. The van der Waals surface area contributed by atoms with E-state index >= 15 is 0 Å². The summed E-state index contributed by atoms with van der Waals surface area (Å²) in [5.74, 6) is 0. The molecule has 0 amide bonds. The zero-order valence-electron chi connectivity index (χ0n) is 15.1. The van der Waals surface area contributed by atoms with Gasteiger partial charge in [-0.15, -0.1) is 11.3 Å². The fourth-order valence-corrected chi connectivity index (χ4v) is 5.28. The Morgan fingerprint density at radius 1 is 0.800 bits per heavy atom. The molecule has 0 aliphatic heterocycles. The first-order valence-corrected chi connectivity index (χ1v) is 9.60. The average Bonchev–Trinajstić information content (AvgIpc) is 3.10. The van der Waals surface area contributed by atoms with Gasteiger partial charge in [-0.1, -0.05) is 63.2 Å². The molecule has 0 N–H and O–H groups in total. The van der Waals surface area contributed by atoms with E-state index in [0.717, 1.165) is 0 Å². The first-order chi connectivity index (χ1) is 11.9. The molecular formula is C23H21NS. The summed E-state index contributed by atoms with van der Waals surface area (Å²) in [4.78, 5) is 0. The van der Waals surface area contributed by atoms with Gasteiger partial charge in [-0.3, -0.25) is 0 Å². The Bertz CT molecular complexity index is 1280. The van der Waals surface area contributed by atoms with Gasteiger partial charge in [-0.25, -0.2) is 0 Å². The van der Waals surface area contributed by atoms with Crippen LogP contribution < -0.4 is 0 Å². The topological polar surface area (TPSA) is 4.93 Å². The summed E-state index contributed by atoms with van der Waals surface area (Å²) in [6, 6.07) is 20.3. The summed E-state index contributed by atoms with van der Waals surface area (Å²) in [6.07, 6.45) is 0. The average molecular weight is 343 g/mol. The van der Waals surface area contributed by atoms with E-state index in [1.54, 1.807) is 0 Å². The van der Waals surface area contributed by atoms with Gasteiger partial charge < -0.3 is 4.57 Å². The van der Waals surface area contributed by atoms with E-state index < -0.39 is 0 Å². The summed E-state index contributed by atoms with van der Waals surface area (Å²) in [7, 11) is 2.19. The molecule has 0 atom stereocenters. The summed E-state index contributed by atoms with van der Waals surface area (Å²) in [5.41, 5.74) is 4.24. The maximum absolute atomic E-state index is 2.38. The van der Waals surface area contributed by atoms with Crippen molar-refractivity contribution in [2.45, 2.75) is 26.2 Å². The second kappa shape index (κ2) is 4.86. The van der Waals surface area contributed by atoms with Gasteiger partial charge in [0.25, 0.3) is 0 Å². The summed E-state index contributed by atoms with van der Waals surface area (Å²) < 4.78 is 5.14. The standard InChI is InChI=1S/C23H21NS/c1-23(2,3)14-9-10-16-18-12-11-17-15-7-5-6-8-19(15)24(4)21(17)22(18)25-20(16)13-14/h5-13H,1-4H3. The zero-order valence-corrected chi connectivity index (χ0v) is 15.9. The van der Waals surface area contributed by atoms with Gasteiger partial charge >= 0.3 is 0 Å². The third-order valence-electron chi connectivity index (χ3n) is 5.37. The van der Waals surface area contributed by atoms with Crippen molar-refractivity contribution in [1.82, 2.24) is 4.57 Å². The third-order valence-corrected chi connectivity index (χ3v) is 6.55. The van der Waals surface area contributed by atoms with Crippen molar-refractivity contribution in [3.05, 3.63) is 60.2 Å². The third kappa shape index (κ3) is 2.01. The molecule has 25 heavy (non-hydrogen) atoms. The minimum Gasteiger partial charge on any atom is -0.342 e. The van der Waals surface area contributed by atoms with Gasteiger partial charge in [0.2, 0.25) is 0 Å². The Hall–Kier alpha value is -2.32. The van der Waals surface area contributed by atoms with Crippen molar-refractivity contribution in [3.63, 3.8) is 0 Å². The number of fused-ring (bicyclic) bond motifs is 7. The van der Waals surface area contributed by atoms with Crippen LogP contribution in [-0.4, -0.2) is 4.57 Å². The Kier molecular flexibility index (Phi) is 2.91. The zero-order chi connectivity index (χ0) is 17.3. The van der Waals surface area contributed by atoms with Gasteiger partial charge in [0.1, 0.15) is 0 Å². The number of nitrogens with zero attached hydrogens (tertiary/aromatic N) is 1. The monoisotopic (exact) mass is 343 g/mol. The molecule has 0 saturated carbocycles. The van der Waals surface area contributed by atoms with E-state index in [0.29, 0.717) is 0 Å². The summed E-state index contributed by atoms with van der Waals surface area (Å²) in [6.45, 7) is 6.84. The molecule has 124 valence electrons. The highest BCUT2D eigenvalue weighted by atomic mass is 32.1. The minimum absolute atomic E-state index is 0.180. The predicted molar refractivity (Wildman–Crippen MR) is 112 cm³/mol. The lowest BCUT2D eigenvalue weighted by Crippen LogP contribution is -2.10. The van der Waals surface area contributed by atoms with Crippen molar-refractivity contribution < 1.29 is 0 Å². The van der Waals surface area contributed by atoms with Crippen LogP contribution in [0.4, 0.5) is 0 Å². The van der Waals surface area contributed by atoms with Gasteiger partial charge in [0.15, 0.2) is 0 Å². The fourth-order valence-electron chi connectivity index (χ4n) is 3.96. The van der Waals surface area contributed by atoms with E-state index in [-0.39, 0.29) is 5.41 Å². The van der Waals surface area contributed by atoms with Crippen molar-refractivity contribution in [2.24, 2.45) is 7.05 Å². The lowest BCUT2D eigenvalue weighted by Gasteiger charge is -2.18. The number of rotatable bonds is 0. The summed E-state index contributed by atoms with van der Waals surface area (Å²) >= 11 is 1.93. The molecule has 0 radical (unpaired) electrons. The molecule has 2 heteroatoms. The first kappa shape index (κ1) is 15.0. The van der Waals surface area contributed by atoms with Crippen LogP contribution in [0.5, 0.6) is 0 Å². The molecule has 3 aromatic carbocycles. The molecule has 1 nitrogen and oxygen atoms in total. The Labute approximate surface area is 151 Å². The lowest BCUT2D eigenvalue weighted by atomic mass is 9.87. The molecule has 0 aliphatic rings. The van der Waals surface area contributed by atoms with Gasteiger partial charge in [0.05, 0.1) is 10.2 Å². The van der Waals surface area contributed by atoms with Crippen LogP contribution in [0.1, 0.15) is 26.3 Å². The number of aromatic nitrogens is 1. The quantitative estimate of drug-likeness (QED) is 0.285. The van der Waals surface area contributed by atoms with E-state index in [1.807, 2.05) is 11.3 Å². The van der Waals surface area contributed by atoms with Gasteiger partial charge in [-0.05, 0) is 23.1 Å². The SMILES string of the molecule is Cn1c2ccccc2c2ccc3c4ccc(C(C)(C)C)cc4sc3c21. The Morgan fingerprint density at radius 2 is 1.52 bits per heavy atom. The number of thiophene rings is 1. The van der Waals surface area contributed by atoms with E-state index in [9.17, 15) is 0 Å². The van der Waals surface area contributed by atoms with E-state index in [2.05, 4.69) is 87.0 Å². The van der Waals surface area contributed by atoms with Crippen molar-refractivity contribution in [3.8, 4) is 0 Å². The largest absolute Gasteiger partial charge is 0.342 e. The van der Waals surface area contributed by atoms with Crippen LogP contribution in [0.2, 0.25) is 0 Å². The molecule has 5 rings (SSSR count). The number of hydrogen-bond acceptors (Lipinski definition) is 1. The minimum atomic E-state index is 0.180. The molecular weight excluding hydrogens is 322 g/mol. The molecule has 2 aromatic heterocycles. The Morgan fingerprint density at radius 3 is 2.32 bits per heavy atom. The van der Waals surface area contributed by atoms with Gasteiger partial charge in [0, 0.05) is 38.8 Å². The fraction of sp³-hybridized carbons (Fsp3) is 0.217. The number of benzene rings is 3. The number of para-hydroxylation sites is 1. The molecule has 0 aliphatic carbocycles. The van der Waals surface area contributed by atoms with Crippen LogP contribution in [0.25, 0.3) is 42.0 Å². The first-order valence-electron chi connectivity index (χ1n) is 8.78. The van der Waals surface area contributed by atoms with Crippen molar-refractivity contribution >= 4 is 53.3 Å². The second-order valence-electron chi connectivity index (χ2n) is 7.98. The second-order valence-corrected chi connectivity index (χ2v) is 9.03. The molecule has 0 unspecified atom stereocenters. The highest BCUT2D eigenvalue weighted by molar-refractivity contribution is 7.26. The molecule has 0 fully saturated rings. The molecule has 5 aromatic rings. The van der Waals surface area contributed by atoms with Gasteiger partial charge in [-0.2, -0.15) is 0 Å². The summed E-state index contributed by atoms with van der Waals surface area (Å²) in [5, 5.41) is 5.45. The number of hydrogen-bond donors (Lipinski definition) is 0. The van der Waals surface area contributed by atoms with E-state index in [4.69, 9.17) is 0 Å². The predicted octanol–water partition coefficient (Wildman–Crippen LogP) is 7.00. The van der Waals surface area contributed by atoms with Crippen LogP contribution >= 0.6 is 11.3 Å². The molecule has 0 spiro atoms.